The van der Waals surface area contributed by atoms with Crippen LogP contribution in [0.5, 0.6) is 0 Å². The summed E-state index contributed by atoms with van der Waals surface area (Å²) in [6.45, 7) is 27.8. The molecule has 2 fully saturated rings. The van der Waals surface area contributed by atoms with Gasteiger partial charge in [-0.3, -0.25) is 0 Å². The first kappa shape index (κ1) is 28.3. The van der Waals surface area contributed by atoms with Crippen molar-refractivity contribution in [1.29, 1.82) is 0 Å². The molecule has 0 radical (unpaired) electrons. The standard InChI is InChI=1S/2C10H20.C7H10.Ti/c2*1-6-7(2)9(4)10(5)8(6)3;1-7-5-3-2-4-6-7;/h2*6-10H,1-5H3;1-5H2;/q;;-2;+4. The Morgan fingerprint density at radius 1 is 0.536 bits per heavy atom. The maximum Gasteiger partial charge on any atom is 4.00 e. The molecule has 0 saturated heterocycles. The maximum atomic E-state index is 3.80. The Morgan fingerprint density at radius 2 is 0.786 bits per heavy atom. The van der Waals surface area contributed by atoms with Gasteiger partial charge < -0.3 is 18.6 Å². The van der Waals surface area contributed by atoms with Crippen molar-refractivity contribution in [2.24, 2.45) is 59.2 Å². The first-order chi connectivity index (χ1) is 12.5. The van der Waals surface area contributed by atoms with Crippen molar-refractivity contribution in [2.45, 2.75) is 94.9 Å². The van der Waals surface area contributed by atoms with E-state index < -0.39 is 0 Å². The molecule has 0 atom stereocenters. The molecule has 0 unspecified atom stereocenters. The average molecular weight is 423 g/mol. The van der Waals surface area contributed by atoms with E-state index in [1.165, 1.54) is 24.8 Å². The fourth-order valence-corrected chi connectivity index (χ4v) is 5.61. The van der Waals surface area contributed by atoms with Gasteiger partial charge in [0.15, 0.2) is 0 Å². The second-order valence-corrected chi connectivity index (χ2v) is 10.6. The molecule has 0 bridgehead atoms. The van der Waals surface area contributed by atoms with Crippen LogP contribution in [0, 0.1) is 72.2 Å². The van der Waals surface area contributed by atoms with Crippen LogP contribution in [0.15, 0.2) is 5.57 Å². The van der Waals surface area contributed by atoms with Gasteiger partial charge in [0.1, 0.15) is 0 Å². The summed E-state index contributed by atoms with van der Waals surface area (Å²) < 4.78 is 0. The molecule has 0 aromatic rings. The molecule has 3 rings (SSSR count). The van der Waals surface area contributed by atoms with Gasteiger partial charge >= 0.3 is 21.7 Å². The Labute approximate surface area is 194 Å². The first-order valence-corrected chi connectivity index (χ1v) is 11.9. The Morgan fingerprint density at radius 3 is 0.893 bits per heavy atom. The van der Waals surface area contributed by atoms with Crippen LogP contribution < -0.4 is 0 Å². The zero-order chi connectivity index (χ0) is 20.9. The monoisotopic (exact) mass is 422 g/mol. The predicted octanol–water partition coefficient (Wildman–Crippen LogP) is 8.48. The Balaban J connectivity index is 0.000000390. The molecule has 3 aliphatic carbocycles. The number of hydrogen-bond donors (Lipinski definition) is 0. The van der Waals surface area contributed by atoms with Crippen LogP contribution in [0.3, 0.4) is 0 Å². The quantitative estimate of drug-likeness (QED) is 0.271. The van der Waals surface area contributed by atoms with Gasteiger partial charge in [-0.15, -0.1) is 0 Å². The Bertz CT molecular complexity index is 334. The smallest absolute Gasteiger partial charge is 0.528 e. The summed E-state index contributed by atoms with van der Waals surface area (Å²) in [6, 6.07) is 0. The molecule has 0 N–H and O–H groups in total. The van der Waals surface area contributed by atoms with Crippen LogP contribution in [0.1, 0.15) is 94.9 Å². The maximum absolute atomic E-state index is 3.80. The van der Waals surface area contributed by atoms with Crippen molar-refractivity contribution in [3.63, 3.8) is 0 Å². The van der Waals surface area contributed by atoms with Crippen LogP contribution in [-0.2, 0) is 21.7 Å². The SMILES string of the molecule is CC1C(C)C(C)C(C)C1C.CC1C(C)C(C)C(C)C1C.[CH2-]C1=[C-]CCCC1.[Ti+4]. The van der Waals surface area contributed by atoms with E-state index in [1.807, 2.05) is 0 Å². The van der Waals surface area contributed by atoms with Gasteiger partial charge in [-0.1, -0.05) is 88.5 Å². The zero-order valence-corrected chi connectivity index (χ0v) is 22.4. The largest absolute Gasteiger partial charge is 4.00 e. The molecule has 0 aromatic carbocycles. The Hall–Kier alpha value is 0.324. The minimum atomic E-state index is 0. The van der Waals surface area contributed by atoms with Crippen LogP contribution >= 0.6 is 0 Å². The van der Waals surface area contributed by atoms with Crippen molar-refractivity contribution >= 4 is 0 Å². The molecule has 3 aliphatic rings. The number of hydrogen-bond acceptors (Lipinski definition) is 0. The fourth-order valence-electron chi connectivity index (χ4n) is 5.61. The molecule has 0 spiro atoms. The van der Waals surface area contributed by atoms with Crippen molar-refractivity contribution in [3.8, 4) is 0 Å². The molecule has 0 aromatic heterocycles. The third-order valence-corrected chi connectivity index (χ3v) is 9.57. The summed E-state index contributed by atoms with van der Waals surface area (Å²) in [5, 5.41) is 0. The van der Waals surface area contributed by atoms with Crippen LogP contribution in [-0.4, -0.2) is 0 Å². The van der Waals surface area contributed by atoms with Crippen LogP contribution in [0.4, 0.5) is 0 Å². The summed E-state index contributed by atoms with van der Waals surface area (Å²) >= 11 is 0. The second kappa shape index (κ2) is 12.9. The van der Waals surface area contributed by atoms with Crippen molar-refractivity contribution < 1.29 is 21.7 Å². The van der Waals surface area contributed by atoms with Gasteiger partial charge in [0.05, 0.1) is 0 Å². The van der Waals surface area contributed by atoms with E-state index in [-0.39, 0.29) is 21.7 Å². The van der Waals surface area contributed by atoms with Gasteiger partial charge in [0.2, 0.25) is 0 Å². The van der Waals surface area contributed by atoms with Gasteiger partial charge in [-0.25, -0.2) is 0 Å². The molecule has 160 valence electrons. The molecule has 0 amide bonds. The number of allylic oxidation sites excluding steroid dienone is 2. The molecule has 1 heteroatoms. The van der Waals surface area contributed by atoms with Gasteiger partial charge in [-0.2, -0.15) is 6.42 Å². The molecule has 2 saturated carbocycles. The van der Waals surface area contributed by atoms with Crippen molar-refractivity contribution in [1.82, 2.24) is 0 Å². The van der Waals surface area contributed by atoms with E-state index in [0.29, 0.717) is 0 Å². The zero-order valence-electron chi connectivity index (χ0n) is 20.8. The van der Waals surface area contributed by atoms with Gasteiger partial charge in [-0.05, 0) is 59.2 Å². The molecule has 0 heterocycles. The minimum Gasteiger partial charge on any atom is -0.528 e. The van der Waals surface area contributed by atoms with Crippen molar-refractivity contribution in [2.75, 3.05) is 0 Å². The van der Waals surface area contributed by atoms with E-state index >= 15 is 0 Å². The number of rotatable bonds is 0. The van der Waals surface area contributed by atoms with Gasteiger partial charge in [0.25, 0.3) is 0 Å². The Kier molecular flexibility index (Phi) is 13.0. The minimum absolute atomic E-state index is 0. The third kappa shape index (κ3) is 7.23. The summed E-state index contributed by atoms with van der Waals surface area (Å²) in [4.78, 5) is 0. The van der Waals surface area contributed by atoms with Crippen molar-refractivity contribution in [3.05, 3.63) is 18.6 Å². The molecular formula is C27H50Ti+2. The molecule has 0 aliphatic heterocycles. The molecule has 0 nitrogen and oxygen atoms in total. The third-order valence-electron chi connectivity index (χ3n) is 9.57. The summed E-state index contributed by atoms with van der Waals surface area (Å²) in [5.41, 5.74) is 1.21. The van der Waals surface area contributed by atoms with E-state index in [9.17, 15) is 0 Å². The van der Waals surface area contributed by atoms with E-state index in [1.54, 1.807) is 0 Å². The van der Waals surface area contributed by atoms with Crippen LogP contribution in [0.25, 0.3) is 0 Å². The predicted molar refractivity (Wildman–Crippen MR) is 122 cm³/mol. The summed E-state index contributed by atoms with van der Waals surface area (Å²) in [5.74, 6) is 9.35. The van der Waals surface area contributed by atoms with E-state index in [4.69, 9.17) is 0 Å². The average Bonchev–Trinajstić information content (AvgIpc) is 2.94. The van der Waals surface area contributed by atoms with Gasteiger partial charge in [0, 0.05) is 0 Å². The summed E-state index contributed by atoms with van der Waals surface area (Å²) in [6.07, 6.45) is 8.15. The topological polar surface area (TPSA) is 0 Å². The van der Waals surface area contributed by atoms with Crippen LogP contribution in [0.2, 0.25) is 0 Å². The summed E-state index contributed by atoms with van der Waals surface area (Å²) in [7, 11) is 0. The van der Waals surface area contributed by atoms with E-state index in [2.05, 4.69) is 82.2 Å². The normalized spacial score (nSPS) is 45.0. The molecule has 28 heavy (non-hydrogen) atoms. The second-order valence-electron chi connectivity index (χ2n) is 10.6. The first-order valence-electron chi connectivity index (χ1n) is 11.9. The van der Waals surface area contributed by atoms with E-state index in [0.717, 1.165) is 65.6 Å². The fraction of sp³-hybridized carbons (Fsp3) is 0.889. The molecular weight excluding hydrogens is 372 g/mol.